The molecule has 25 heavy (non-hydrogen) atoms. The third kappa shape index (κ3) is 4.09. The number of carbonyl (C=O) groups is 2. The van der Waals surface area contributed by atoms with Crippen LogP contribution in [-0.4, -0.2) is 60.9 Å². The minimum Gasteiger partial charge on any atom is -0.368 e. The zero-order valence-corrected chi connectivity index (χ0v) is 15.8. The van der Waals surface area contributed by atoms with Crippen LogP contribution in [0, 0.1) is 12.8 Å². The molecular weight excluding hydrogens is 338 g/mol. The molecular formula is C19H26ClN3O2. The van der Waals surface area contributed by atoms with E-state index in [4.69, 9.17) is 11.6 Å². The lowest BCUT2D eigenvalue weighted by atomic mass is 9.96. The molecule has 1 atom stereocenters. The Morgan fingerprint density at radius 2 is 1.80 bits per heavy atom. The van der Waals surface area contributed by atoms with E-state index in [2.05, 4.69) is 11.8 Å². The van der Waals surface area contributed by atoms with Gasteiger partial charge in [0.2, 0.25) is 11.8 Å². The molecule has 0 spiro atoms. The van der Waals surface area contributed by atoms with Crippen molar-refractivity contribution in [2.45, 2.75) is 26.7 Å². The summed E-state index contributed by atoms with van der Waals surface area (Å²) in [7, 11) is 0. The number of nitrogens with zero attached hydrogens (tertiary/aromatic N) is 3. The average Bonchev–Trinajstić information content (AvgIpc) is 2.63. The number of benzene rings is 1. The van der Waals surface area contributed by atoms with E-state index in [0.29, 0.717) is 6.54 Å². The van der Waals surface area contributed by atoms with Crippen LogP contribution < -0.4 is 4.90 Å². The minimum atomic E-state index is -0.0443. The highest BCUT2D eigenvalue weighted by Gasteiger charge is 2.31. The average molecular weight is 364 g/mol. The fourth-order valence-corrected chi connectivity index (χ4v) is 3.98. The molecule has 1 aromatic carbocycles. The maximum Gasteiger partial charge on any atom is 0.227 e. The number of carbonyl (C=O) groups excluding carboxylic acids is 2. The molecule has 0 aromatic heterocycles. The van der Waals surface area contributed by atoms with Crippen LogP contribution in [-0.2, 0) is 9.59 Å². The number of piperazine rings is 1. The molecule has 0 unspecified atom stereocenters. The van der Waals surface area contributed by atoms with Gasteiger partial charge < -0.3 is 14.7 Å². The smallest absolute Gasteiger partial charge is 0.227 e. The van der Waals surface area contributed by atoms with Gasteiger partial charge in [0.05, 0.1) is 5.92 Å². The Bertz CT molecular complexity index is 656. The van der Waals surface area contributed by atoms with Gasteiger partial charge in [0.25, 0.3) is 0 Å². The van der Waals surface area contributed by atoms with E-state index >= 15 is 0 Å². The van der Waals surface area contributed by atoms with Gasteiger partial charge in [0.15, 0.2) is 0 Å². The van der Waals surface area contributed by atoms with Crippen molar-refractivity contribution in [1.29, 1.82) is 0 Å². The first kappa shape index (κ1) is 18.1. The first-order valence-corrected chi connectivity index (χ1v) is 9.39. The first-order chi connectivity index (χ1) is 12.0. The van der Waals surface area contributed by atoms with Gasteiger partial charge in [-0.3, -0.25) is 9.59 Å². The molecule has 0 radical (unpaired) electrons. The summed E-state index contributed by atoms with van der Waals surface area (Å²) in [5, 5.41) is 0.741. The third-order valence-corrected chi connectivity index (χ3v) is 5.55. The predicted octanol–water partition coefficient (Wildman–Crippen LogP) is 2.56. The quantitative estimate of drug-likeness (QED) is 0.811. The Balaban J connectivity index is 1.59. The topological polar surface area (TPSA) is 43.9 Å². The molecule has 2 aliphatic rings. The number of rotatable bonds is 2. The monoisotopic (exact) mass is 363 g/mol. The van der Waals surface area contributed by atoms with E-state index in [-0.39, 0.29) is 17.7 Å². The van der Waals surface area contributed by atoms with Crippen LogP contribution in [0.15, 0.2) is 18.2 Å². The highest BCUT2D eigenvalue weighted by Crippen LogP contribution is 2.26. The molecule has 2 heterocycles. The van der Waals surface area contributed by atoms with Crippen LogP contribution in [0.2, 0.25) is 5.02 Å². The van der Waals surface area contributed by atoms with Crippen molar-refractivity contribution < 1.29 is 9.59 Å². The Morgan fingerprint density at radius 3 is 2.48 bits per heavy atom. The van der Waals surface area contributed by atoms with Crippen LogP contribution in [0.1, 0.15) is 25.3 Å². The van der Waals surface area contributed by atoms with Crippen LogP contribution in [0.3, 0.4) is 0 Å². The van der Waals surface area contributed by atoms with Gasteiger partial charge in [-0.2, -0.15) is 0 Å². The first-order valence-electron chi connectivity index (χ1n) is 9.01. The van der Waals surface area contributed by atoms with Crippen LogP contribution >= 0.6 is 11.6 Å². The van der Waals surface area contributed by atoms with E-state index in [1.165, 1.54) is 5.56 Å². The van der Waals surface area contributed by atoms with Crippen molar-refractivity contribution >= 4 is 29.1 Å². The van der Waals surface area contributed by atoms with E-state index in [0.717, 1.165) is 56.3 Å². The number of aryl methyl sites for hydroxylation is 1. The predicted molar refractivity (Wildman–Crippen MR) is 100.0 cm³/mol. The molecule has 2 saturated heterocycles. The summed E-state index contributed by atoms with van der Waals surface area (Å²) in [6, 6.07) is 5.94. The number of anilines is 1. The van der Waals surface area contributed by atoms with Gasteiger partial charge in [0.1, 0.15) is 0 Å². The Hall–Kier alpha value is -1.75. The molecule has 5 nitrogen and oxygen atoms in total. The van der Waals surface area contributed by atoms with Crippen molar-refractivity contribution in [3.05, 3.63) is 28.8 Å². The van der Waals surface area contributed by atoms with Gasteiger partial charge >= 0.3 is 0 Å². The number of amides is 2. The summed E-state index contributed by atoms with van der Waals surface area (Å²) in [6.45, 7) is 8.10. The molecule has 2 fully saturated rings. The second-order valence-corrected chi connectivity index (χ2v) is 7.48. The van der Waals surface area contributed by atoms with Crippen molar-refractivity contribution in [3.63, 3.8) is 0 Å². The molecule has 6 heteroatoms. The summed E-state index contributed by atoms with van der Waals surface area (Å²) in [5.41, 5.74) is 2.36. The van der Waals surface area contributed by atoms with Crippen LogP contribution in [0.5, 0.6) is 0 Å². The molecule has 0 bridgehead atoms. The minimum absolute atomic E-state index is 0.0443. The molecule has 2 aliphatic heterocycles. The second-order valence-electron chi connectivity index (χ2n) is 7.05. The van der Waals surface area contributed by atoms with Crippen molar-refractivity contribution in [3.8, 4) is 0 Å². The Morgan fingerprint density at radius 1 is 1.08 bits per heavy atom. The summed E-state index contributed by atoms with van der Waals surface area (Å²) < 4.78 is 0. The van der Waals surface area contributed by atoms with Crippen molar-refractivity contribution in [1.82, 2.24) is 9.80 Å². The normalized spacial score (nSPS) is 21.4. The third-order valence-electron chi connectivity index (χ3n) is 5.32. The number of piperidine rings is 1. The number of halogens is 1. The number of hydrogen-bond acceptors (Lipinski definition) is 3. The van der Waals surface area contributed by atoms with E-state index in [9.17, 15) is 9.59 Å². The van der Waals surface area contributed by atoms with Gasteiger partial charge in [-0.25, -0.2) is 0 Å². The van der Waals surface area contributed by atoms with E-state index in [1.807, 2.05) is 23.1 Å². The zero-order valence-electron chi connectivity index (χ0n) is 15.0. The lowest BCUT2D eigenvalue weighted by Gasteiger charge is -2.40. The molecule has 136 valence electrons. The van der Waals surface area contributed by atoms with Gasteiger partial charge in [-0.1, -0.05) is 17.7 Å². The van der Waals surface area contributed by atoms with E-state index in [1.54, 1.807) is 11.8 Å². The second kappa shape index (κ2) is 7.65. The van der Waals surface area contributed by atoms with Crippen LogP contribution in [0.25, 0.3) is 0 Å². The van der Waals surface area contributed by atoms with Gasteiger partial charge in [0, 0.05) is 56.9 Å². The molecule has 0 saturated carbocycles. The van der Waals surface area contributed by atoms with Crippen LogP contribution in [0.4, 0.5) is 5.69 Å². The molecule has 0 aliphatic carbocycles. The van der Waals surface area contributed by atoms with Crippen molar-refractivity contribution in [2.24, 2.45) is 5.92 Å². The highest BCUT2D eigenvalue weighted by atomic mass is 35.5. The fourth-order valence-electron chi connectivity index (χ4n) is 3.81. The summed E-state index contributed by atoms with van der Waals surface area (Å²) in [5.74, 6) is 0.226. The molecule has 2 amide bonds. The zero-order chi connectivity index (χ0) is 18.0. The highest BCUT2D eigenvalue weighted by molar-refractivity contribution is 6.30. The number of likely N-dealkylation sites (tertiary alicyclic amines) is 1. The lowest BCUT2D eigenvalue weighted by molar-refractivity contribution is -0.140. The standard InChI is InChI=1S/C19H26ClN3O2/c1-14-5-6-17(20)12-18(14)21-8-10-22(11-9-21)19(25)16-4-3-7-23(13-16)15(2)24/h5-6,12,16H,3-4,7-11,13H2,1-2H3/t16-/m0/s1. The molecule has 1 aromatic rings. The van der Waals surface area contributed by atoms with Crippen molar-refractivity contribution in [2.75, 3.05) is 44.2 Å². The van der Waals surface area contributed by atoms with E-state index < -0.39 is 0 Å². The summed E-state index contributed by atoms with van der Waals surface area (Å²) in [4.78, 5) is 30.5. The fraction of sp³-hybridized carbons (Fsp3) is 0.579. The summed E-state index contributed by atoms with van der Waals surface area (Å²) >= 11 is 6.13. The SMILES string of the molecule is CC(=O)N1CCC[C@H](C(=O)N2CCN(c3cc(Cl)ccc3C)CC2)C1. The maximum atomic E-state index is 12.8. The maximum absolute atomic E-state index is 12.8. The molecule has 0 N–H and O–H groups in total. The lowest BCUT2D eigenvalue weighted by Crippen LogP contribution is -2.53. The Kier molecular flexibility index (Phi) is 5.52. The van der Waals surface area contributed by atoms with Gasteiger partial charge in [-0.05, 0) is 37.5 Å². The Labute approximate surface area is 154 Å². The number of hydrogen-bond donors (Lipinski definition) is 0. The molecule has 3 rings (SSSR count). The van der Waals surface area contributed by atoms with Gasteiger partial charge in [-0.15, -0.1) is 0 Å². The summed E-state index contributed by atoms with van der Waals surface area (Å²) in [6.07, 6.45) is 1.80. The largest absolute Gasteiger partial charge is 0.368 e.